The largest absolute Gasteiger partial charge is 0.454 e. The third-order valence-electron chi connectivity index (χ3n) is 5.32. The lowest BCUT2D eigenvalue weighted by atomic mass is 9.81. The molecule has 29 heavy (non-hydrogen) atoms. The van der Waals surface area contributed by atoms with E-state index in [-0.39, 0.29) is 21.5 Å². The second kappa shape index (κ2) is 8.95. The number of hydrogen-bond acceptors (Lipinski definition) is 5. The quantitative estimate of drug-likeness (QED) is 0.359. The number of esters is 1. The fourth-order valence-electron chi connectivity index (χ4n) is 3.70. The average Bonchev–Trinajstić information content (AvgIpc) is 2.88. The molecule has 1 aromatic rings. The number of amides is 3. The summed E-state index contributed by atoms with van der Waals surface area (Å²) in [5.41, 5.74) is 2.53. The van der Waals surface area contributed by atoms with Crippen molar-refractivity contribution in [3.8, 4) is 0 Å². The van der Waals surface area contributed by atoms with E-state index in [0.717, 1.165) is 16.0 Å². The van der Waals surface area contributed by atoms with Crippen molar-refractivity contribution in [2.45, 2.75) is 36.3 Å². The van der Waals surface area contributed by atoms with Crippen molar-refractivity contribution < 1.29 is 23.9 Å². The van der Waals surface area contributed by atoms with E-state index < -0.39 is 36.9 Å². The predicted octanol–water partition coefficient (Wildman–Crippen LogP) is 2.71. The summed E-state index contributed by atoms with van der Waals surface area (Å²) in [7, 11) is 0. The monoisotopic (exact) mass is 528 g/mol. The highest BCUT2D eigenvalue weighted by Gasteiger charge is 2.52. The van der Waals surface area contributed by atoms with Gasteiger partial charge in [-0.1, -0.05) is 44.0 Å². The number of imide groups is 1. The molecule has 156 valence electrons. The van der Waals surface area contributed by atoms with Gasteiger partial charge < -0.3 is 10.1 Å². The molecule has 4 atom stereocenters. The first-order valence-electron chi connectivity index (χ1n) is 9.33. The summed E-state index contributed by atoms with van der Waals surface area (Å²) in [6.07, 6.45) is 1.07. The van der Waals surface area contributed by atoms with Gasteiger partial charge in [-0.2, -0.15) is 0 Å². The van der Waals surface area contributed by atoms with Crippen LogP contribution in [0.25, 0.3) is 0 Å². The first kappa shape index (κ1) is 22.0. The van der Waals surface area contributed by atoms with Gasteiger partial charge in [-0.3, -0.25) is 24.1 Å². The van der Waals surface area contributed by atoms with Gasteiger partial charge in [0.2, 0.25) is 11.8 Å². The van der Waals surface area contributed by atoms with E-state index in [0.29, 0.717) is 18.5 Å². The van der Waals surface area contributed by atoms with Crippen molar-refractivity contribution in [3.05, 3.63) is 29.3 Å². The SMILES string of the molecule is Cc1ccc(C)c(NC(=O)COC(=O)CN2C(=O)[C@@H]3C[C@@H](Br)[C@@H](Br)C[C@H]3C2=O)c1. The van der Waals surface area contributed by atoms with Crippen LogP contribution >= 0.6 is 31.9 Å². The molecule has 3 rings (SSSR count). The number of alkyl halides is 2. The number of carbonyl (C=O) groups excluding carboxylic acids is 4. The molecule has 1 heterocycles. The number of halogens is 2. The van der Waals surface area contributed by atoms with Crippen molar-refractivity contribution in [3.63, 3.8) is 0 Å². The van der Waals surface area contributed by atoms with E-state index in [1.165, 1.54) is 0 Å². The molecule has 0 spiro atoms. The molecule has 1 N–H and O–H groups in total. The Balaban J connectivity index is 1.53. The van der Waals surface area contributed by atoms with E-state index in [4.69, 9.17) is 4.74 Å². The Morgan fingerprint density at radius 2 is 1.69 bits per heavy atom. The fraction of sp³-hybridized carbons (Fsp3) is 0.500. The smallest absolute Gasteiger partial charge is 0.326 e. The summed E-state index contributed by atoms with van der Waals surface area (Å²) < 4.78 is 4.98. The number of hydrogen-bond donors (Lipinski definition) is 1. The van der Waals surface area contributed by atoms with E-state index >= 15 is 0 Å². The highest BCUT2D eigenvalue weighted by Crippen LogP contribution is 2.43. The Bertz CT molecular complexity index is 831. The first-order chi connectivity index (χ1) is 13.7. The summed E-state index contributed by atoms with van der Waals surface area (Å²) in [6.45, 7) is 2.82. The van der Waals surface area contributed by atoms with Crippen LogP contribution < -0.4 is 5.32 Å². The van der Waals surface area contributed by atoms with Gasteiger partial charge in [-0.15, -0.1) is 0 Å². The molecule has 0 aromatic heterocycles. The number of carbonyl (C=O) groups is 4. The van der Waals surface area contributed by atoms with Gasteiger partial charge in [0.05, 0.1) is 11.8 Å². The molecule has 1 aliphatic carbocycles. The standard InChI is InChI=1S/C20H22Br2N2O5/c1-10-3-4-11(2)16(5-10)23-17(25)9-29-18(26)8-24-19(27)12-6-14(21)15(22)7-13(12)20(24)28/h3-5,12-15H,6-9H2,1-2H3,(H,23,25)/t12-,13-,14-,15+/m1/s1. The van der Waals surface area contributed by atoms with Crippen LogP contribution in [0.3, 0.4) is 0 Å². The number of rotatable bonds is 5. The van der Waals surface area contributed by atoms with Crippen LogP contribution in [-0.2, 0) is 23.9 Å². The summed E-state index contributed by atoms with van der Waals surface area (Å²) in [6, 6.07) is 5.64. The molecular formula is C20H22Br2N2O5. The van der Waals surface area contributed by atoms with Crippen LogP contribution in [0.4, 0.5) is 5.69 Å². The van der Waals surface area contributed by atoms with Crippen LogP contribution in [0, 0.1) is 25.7 Å². The topological polar surface area (TPSA) is 92.8 Å². The van der Waals surface area contributed by atoms with Gasteiger partial charge in [0.15, 0.2) is 6.61 Å². The van der Waals surface area contributed by atoms with Gasteiger partial charge in [0.1, 0.15) is 6.54 Å². The lowest BCUT2D eigenvalue weighted by Crippen LogP contribution is -2.37. The Hall–Kier alpha value is -1.74. The molecule has 0 radical (unpaired) electrons. The molecule has 1 saturated carbocycles. The van der Waals surface area contributed by atoms with Crippen LogP contribution in [0.15, 0.2) is 18.2 Å². The van der Waals surface area contributed by atoms with Gasteiger partial charge in [0, 0.05) is 15.3 Å². The second-order valence-corrected chi connectivity index (χ2v) is 9.86. The molecule has 7 nitrogen and oxygen atoms in total. The summed E-state index contributed by atoms with van der Waals surface area (Å²) in [4.78, 5) is 50.5. The summed E-state index contributed by atoms with van der Waals surface area (Å²) in [5, 5.41) is 2.69. The van der Waals surface area contributed by atoms with Gasteiger partial charge in [-0.05, 0) is 43.9 Å². The lowest BCUT2D eigenvalue weighted by Gasteiger charge is -2.29. The van der Waals surface area contributed by atoms with E-state index in [1.807, 2.05) is 32.0 Å². The zero-order chi connectivity index (χ0) is 21.3. The molecule has 1 aromatic carbocycles. The first-order valence-corrected chi connectivity index (χ1v) is 11.2. The number of nitrogens with zero attached hydrogens (tertiary/aromatic N) is 1. The Labute approximate surface area is 185 Å². The summed E-state index contributed by atoms with van der Waals surface area (Å²) >= 11 is 7.04. The Morgan fingerprint density at radius 3 is 2.28 bits per heavy atom. The molecule has 2 fully saturated rings. The number of likely N-dealkylation sites (tertiary alicyclic amines) is 1. The normalized spacial score (nSPS) is 26.3. The van der Waals surface area contributed by atoms with Gasteiger partial charge in [0.25, 0.3) is 5.91 Å². The van der Waals surface area contributed by atoms with E-state index in [9.17, 15) is 19.2 Å². The second-order valence-electron chi connectivity index (χ2n) is 7.51. The minimum atomic E-state index is -0.785. The zero-order valence-electron chi connectivity index (χ0n) is 16.1. The van der Waals surface area contributed by atoms with Crippen molar-refractivity contribution in [1.29, 1.82) is 0 Å². The van der Waals surface area contributed by atoms with Crippen molar-refractivity contribution in [2.24, 2.45) is 11.8 Å². The minimum absolute atomic E-state index is 0.0983. The van der Waals surface area contributed by atoms with E-state index in [2.05, 4.69) is 37.2 Å². The molecule has 0 bridgehead atoms. The predicted molar refractivity (Wildman–Crippen MR) is 114 cm³/mol. The van der Waals surface area contributed by atoms with Crippen molar-refractivity contribution in [1.82, 2.24) is 4.90 Å². The number of nitrogens with one attached hydrogen (secondary N) is 1. The van der Waals surface area contributed by atoms with Crippen LogP contribution in [0.5, 0.6) is 0 Å². The van der Waals surface area contributed by atoms with Crippen molar-refractivity contribution >= 4 is 61.2 Å². The number of fused-ring (bicyclic) bond motifs is 1. The minimum Gasteiger partial charge on any atom is -0.454 e. The van der Waals surface area contributed by atoms with E-state index in [1.54, 1.807) is 0 Å². The third kappa shape index (κ3) is 4.88. The summed E-state index contributed by atoms with van der Waals surface area (Å²) in [5.74, 6) is -2.79. The van der Waals surface area contributed by atoms with Crippen molar-refractivity contribution in [2.75, 3.05) is 18.5 Å². The molecule has 1 aliphatic heterocycles. The molecule has 1 saturated heterocycles. The highest BCUT2D eigenvalue weighted by atomic mass is 79.9. The van der Waals surface area contributed by atoms with Gasteiger partial charge >= 0.3 is 5.97 Å². The fourth-order valence-corrected chi connectivity index (χ4v) is 4.93. The Morgan fingerprint density at radius 1 is 1.10 bits per heavy atom. The maximum atomic E-state index is 12.6. The number of ether oxygens (including phenoxy) is 1. The maximum Gasteiger partial charge on any atom is 0.326 e. The molecule has 9 heteroatoms. The average molecular weight is 530 g/mol. The molecule has 3 amide bonds. The molecular weight excluding hydrogens is 508 g/mol. The van der Waals surface area contributed by atoms with Gasteiger partial charge in [-0.25, -0.2) is 0 Å². The van der Waals surface area contributed by atoms with Crippen LogP contribution in [0.1, 0.15) is 24.0 Å². The third-order valence-corrected chi connectivity index (χ3v) is 8.05. The lowest BCUT2D eigenvalue weighted by molar-refractivity contribution is -0.154. The number of benzene rings is 1. The zero-order valence-corrected chi connectivity index (χ0v) is 19.3. The Kier molecular flexibility index (Phi) is 6.78. The number of anilines is 1. The number of aryl methyl sites for hydroxylation is 2. The highest BCUT2D eigenvalue weighted by molar-refractivity contribution is 9.12. The van der Waals surface area contributed by atoms with Crippen LogP contribution in [-0.4, -0.2) is 51.4 Å². The molecule has 2 aliphatic rings. The van der Waals surface area contributed by atoms with Crippen LogP contribution in [0.2, 0.25) is 0 Å². The molecule has 0 unspecified atom stereocenters. The maximum absolute atomic E-state index is 12.6.